The highest BCUT2D eigenvalue weighted by Gasteiger charge is 2.26. The van der Waals surface area contributed by atoms with Gasteiger partial charge in [0, 0.05) is 12.6 Å². The summed E-state index contributed by atoms with van der Waals surface area (Å²) in [7, 11) is 1.56. The number of methoxy groups -OCH3 is 1. The summed E-state index contributed by atoms with van der Waals surface area (Å²) >= 11 is 0. The van der Waals surface area contributed by atoms with Crippen molar-refractivity contribution < 1.29 is 9.53 Å². The molecule has 1 aromatic heterocycles. The number of hydrogen-bond donors (Lipinski definition) is 0. The Labute approximate surface area is 83.1 Å². The van der Waals surface area contributed by atoms with Gasteiger partial charge in [-0.1, -0.05) is 0 Å². The van der Waals surface area contributed by atoms with Crippen molar-refractivity contribution in [2.45, 2.75) is 19.3 Å². The maximum Gasteiger partial charge on any atom is 0.166 e. The molecule has 0 saturated heterocycles. The van der Waals surface area contributed by atoms with E-state index in [0.29, 0.717) is 23.7 Å². The standard InChI is InChI=1S/C11H13NO2/c1-14-11-7-12-5-4-9(11)10(13)6-8-2-3-8/h4-5,7-8H,2-3,6H2,1H3. The largest absolute Gasteiger partial charge is 0.494 e. The molecule has 3 heteroatoms. The number of hydrogen-bond acceptors (Lipinski definition) is 3. The lowest BCUT2D eigenvalue weighted by Crippen LogP contribution is -2.03. The molecule has 3 nitrogen and oxygen atoms in total. The van der Waals surface area contributed by atoms with Gasteiger partial charge < -0.3 is 4.74 Å². The van der Waals surface area contributed by atoms with E-state index < -0.39 is 0 Å². The molecule has 0 unspecified atom stereocenters. The van der Waals surface area contributed by atoms with E-state index in [0.717, 1.165) is 0 Å². The topological polar surface area (TPSA) is 39.2 Å². The van der Waals surface area contributed by atoms with Crippen LogP contribution >= 0.6 is 0 Å². The van der Waals surface area contributed by atoms with Crippen molar-refractivity contribution in [1.29, 1.82) is 0 Å². The minimum absolute atomic E-state index is 0.173. The minimum Gasteiger partial charge on any atom is -0.494 e. The molecule has 1 aromatic rings. The van der Waals surface area contributed by atoms with Gasteiger partial charge in [0.25, 0.3) is 0 Å². The lowest BCUT2D eigenvalue weighted by atomic mass is 10.1. The molecular weight excluding hydrogens is 178 g/mol. The molecule has 1 saturated carbocycles. The van der Waals surface area contributed by atoms with Crippen LogP contribution in [0, 0.1) is 5.92 Å². The predicted molar refractivity (Wildman–Crippen MR) is 52.5 cm³/mol. The van der Waals surface area contributed by atoms with Crippen molar-refractivity contribution in [1.82, 2.24) is 4.98 Å². The highest BCUT2D eigenvalue weighted by Crippen LogP contribution is 2.34. The monoisotopic (exact) mass is 191 g/mol. The fraction of sp³-hybridized carbons (Fsp3) is 0.455. The van der Waals surface area contributed by atoms with Gasteiger partial charge in [0.2, 0.25) is 0 Å². The third-order valence-corrected chi connectivity index (χ3v) is 2.48. The number of ether oxygens (including phenoxy) is 1. The second-order valence-corrected chi connectivity index (χ2v) is 3.65. The van der Waals surface area contributed by atoms with Crippen molar-refractivity contribution in [2.75, 3.05) is 7.11 Å². The Hall–Kier alpha value is -1.38. The third-order valence-electron chi connectivity index (χ3n) is 2.48. The molecule has 0 amide bonds. The third kappa shape index (κ3) is 1.92. The van der Waals surface area contributed by atoms with Gasteiger partial charge in [-0.2, -0.15) is 0 Å². The fourth-order valence-corrected chi connectivity index (χ4v) is 1.47. The summed E-state index contributed by atoms with van der Waals surface area (Å²) in [5.74, 6) is 1.37. The number of aromatic nitrogens is 1. The van der Waals surface area contributed by atoms with E-state index in [4.69, 9.17) is 4.74 Å². The molecule has 1 aliphatic carbocycles. The van der Waals surface area contributed by atoms with Crippen LogP contribution in [0.15, 0.2) is 18.5 Å². The van der Waals surface area contributed by atoms with E-state index in [-0.39, 0.29) is 5.78 Å². The van der Waals surface area contributed by atoms with Gasteiger partial charge in [0.15, 0.2) is 5.78 Å². The summed E-state index contributed by atoms with van der Waals surface area (Å²) in [5.41, 5.74) is 0.661. The van der Waals surface area contributed by atoms with Crippen LogP contribution in [0.4, 0.5) is 0 Å². The molecule has 0 aromatic carbocycles. The average Bonchev–Trinajstić information content (AvgIpc) is 3.01. The number of ketones is 1. The summed E-state index contributed by atoms with van der Waals surface area (Å²) in [6.07, 6.45) is 6.25. The fourth-order valence-electron chi connectivity index (χ4n) is 1.47. The second kappa shape index (κ2) is 3.78. The van der Waals surface area contributed by atoms with E-state index in [2.05, 4.69) is 4.98 Å². The van der Waals surface area contributed by atoms with Crippen LogP contribution in [-0.2, 0) is 0 Å². The molecule has 0 aliphatic heterocycles. The Balaban J connectivity index is 2.16. The highest BCUT2D eigenvalue weighted by atomic mass is 16.5. The lowest BCUT2D eigenvalue weighted by Gasteiger charge is -2.05. The van der Waals surface area contributed by atoms with Gasteiger partial charge in [-0.3, -0.25) is 9.78 Å². The maximum atomic E-state index is 11.8. The first-order chi connectivity index (χ1) is 6.81. The van der Waals surface area contributed by atoms with Gasteiger partial charge in [-0.25, -0.2) is 0 Å². The molecule has 1 heterocycles. The summed E-state index contributed by atoms with van der Waals surface area (Å²) in [4.78, 5) is 15.7. The molecule has 1 fully saturated rings. The number of pyridine rings is 1. The van der Waals surface area contributed by atoms with E-state index in [1.807, 2.05) is 0 Å². The van der Waals surface area contributed by atoms with Crippen molar-refractivity contribution in [2.24, 2.45) is 5.92 Å². The minimum atomic E-state index is 0.173. The van der Waals surface area contributed by atoms with E-state index in [9.17, 15) is 4.79 Å². The van der Waals surface area contributed by atoms with E-state index in [1.165, 1.54) is 12.8 Å². The molecule has 1 aliphatic rings. The smallest absolute Gasteiger partial charge is 0.166 e. The molecule has 74 valence electrons. The average molecular weight is 191 g/mol. The molecular formula is C11H13NO2. The summed E-state index contributed by atoms with van der Waals surface area (Å²) < 4.78 is 5.09. The molecule has 0 atom stereocenters. The van der Waals surface area contributed by atoms with Gasteiger partial charge in [-0.05, 0) is 24.8 Å². The van der Waals surface area contributed by atoms with Crippen LogP contribution in [-0.4, -0.2) is 17.9 Å². The molecule has 2 rings (SSSR count). The first kappa shape index (κ1) is 9.19. The molecule has 0 spiro atoms. The Kier molecular flexibility index (Phi) is 2.48. The predicted octanol–water partition coefficient (Wildman–Crippen LogP) is 2.07. The van der Waals surface area contributed by atoms with Crippen LogP contribution in [0.1, 0.15) is 29.6 Å². The number of nitrogens with zero attached hydrogens (tertiary/aromatic N) is 1. The van der Waals surface area contributed by atoms with Crippen LogP contribution < -0.4 is 4.74 Å². The van der Waals surface area contributed by atoms with Crippen molar-refractivity contribution >= 4 is 5.78 Å². The Morgan fingerprint density at radius 1 is 1.64 bits per heavy atom. The number of carbonyl (C=O) groups is 1. The van der Waals surface area contributed by atoms with Gasteiger partial charge >= 0.3 is 0 Å². The number of carbonyl (C=O) groups excluding carboxylic acids is 1. The van der Waals surface area contributed by atoms with Crippen molar-refractivity contribution in [3.05, 3.63) is 24.0 Å². The Morgan fingerprint density at radius 3 is 3.07 bits per heavy atom. The van der Waals surface area contributed by atoms with Gasteiger partial charge in [0.05, 0.1) is 18.9 Å². The van der Waals surface area contributed by atoms with Gasteiger partial charge in [-0.15, -0.1) is 0 Å². The summed E-state index contributed by atoms with van der Waals surface area (Å²) in [5, 5.41) is 0. The number of Topliss-reactive ketones (excluding diaryl/α,β-unsaturated/α-hetero) is 1. The summed E-state index contributed by atoms with van der Waals surface area (Å²) in [6.45, 7) is 0. The Morgan fingerprint density at radius 2 is 2.43 bits per heavy atom. The van der Waals surface area contributed by atoms with Crippen LogP contribution in [0.5, 0.6) is 5.75 Å². The second-order valence-electron chi connectivity index (χ2n) is 3.65. The molecule has 0 radical (unpaired) electrons. The maximum absolute atomic E-state index is 11.8. The number of rotatable bonds is 4. The Bertz CT molecular complexity index is 345. The van der Waals surface area contributed by atoms with Crippen molar-refractivity contribution in [3.63, 3.8) is 0 Å². The van der Waals surface area contributed by atoms with Crippen LogP contribution in [0.2, 0.25) is 0 Å². The SMILES string of the molecule is COc1cnccc1C(=O)CC1CC1. The summed E-state index contributed by atoms with van der Waals surface area (Å²) in [6, 6.07) is 1.73. The van der Waals surface area contributed by atoms with Crippen molar-refractivity contribution in [3.8, 4) is 5.75 Å². The first-order valence-corrected chi connectivity index (χ1v) is 4.82. The highest BCUT2D eigenvalue weighted by molar-refractivity contribution is 5.98. The zero-order chi connectivity index (χ0) is 9.97. The van der Waals surface area contributed by atoms with Gasteiger partial charge in [0.1, 0.15) is 5.75 Å². The zero-order valence-electron chi connectivity index (χ0n) is 8.19. The first-order valence-electron chi connectivity index (χ1n) is 4.82. The zero-order valence-corrected chi connectivity index (χ0v) is 8.19. The normalized spacial score (nSPS) is 15.2. The van der Waals surface area contributed by atoms with E-state index in [1.54, 1.807) is 25.6 Å². The quantitative estimate of drug-likeness (QED) is 0.684. The molecule has 0 N–H and O–H groups in total. The van der Waals surface area contributed by atoms with Crippen LogP contribution in [0.3, 0.4) is 0 Å². The van der Waals surface area contributed by atoms with Crippen LogP contribution in [0.25, 0.3) is 0 Å². The van der Waals surface area contributed by atoms with E-state index >= 15 is 0 Å². The molecule has 14 heavy (non-hydrogen) atoms. The molecule has 0 bridgehead atoms. The lowest BCUT2D eigenvalue weighted by molar-refractivity contribution is 0.0973.